The number of rotatable bonds is 0. The second kappa shape index (κ2) is 4.79. The van der Waals surface area contributed by atoms with E-state index in [9.17, 15) is 4.79 Å². The van der Waals surface area contributed by atoms with Gasteiger partial charge in [-0.3, -0.25) is 0 Å². The zero-order valence-electron chi connectivity index (χ0n) is 12.3. The van der Waals surface area contributed by atoms with E-state index in [2.05, 4.69) is 9.97 Å². The summed E-state index contributed by atoms with van der Waals surface area (Å²) in [6.45, 7) is 10.7. The van der Waals surface area contributed by atoms with Gasteiger partial charge in [0.15, 0.2) is 0 Å². The lowest BCUT2D eigenvalue weighted by atomic mass is 10.0. The van der Waals surface area contributed by atoms with E-state index in [1.807, 2.05) is 34.6 Å². The first kappa shape index (κ1) is 13.8. The summed E-state index contributed by atoms with van der Waals surface area (Å²) in [6.07, 6.45) is 0.521. The number of aromatic nitrogens is 2. The zero-order chi connectivity index (χ0) is 14.2. The highest BCUT2D eigenvalue weighted by molar-refractivity contribution is 5.68. The molecule has 0 bridgehead atoms. The summed E-state index contributed by atoms with van der Waals surface area (Å²) in [5, 5.41) is 0. The van der Waals surface area contributed by atoms with Crippen molar-refractivity contribution < 1.29 is 9.53 Å². The Balaban J connectivity index is 2.16. The molecule has 2 rings (SSSR count). The van der Waals surface area contributed by atoms with Crippen LogP contribution in [0.25, 0.3) is 0 Å². The topological polar surface area (TPSA) is 55.3 Å². The van der Waals surface area contributed by atoms with E-state index in [4.69, 9.17) is 4.74 Å². The van der Waals surface area contributed by atoms with Gasteiger partial charge in [-0.2, -0.15) is 0 Å². The summed E-state index contributed by atoms with van der Waals surface area (Å²) in [7, 11) is 0. The quantitative estimate of drug-likeness (QED) is 0.721. The number of nitrogens with zero attached hydrogens (tertiary/aromatic N) is 3. The lowest BCUT2D eigenvalue weighted by molar-refractivity contribution is 0.0220. The maximum Gasteiger partial charge on any atom is 0.410 e. The molecule has 1 aromatic rings. The van der Waals surface area contributed by atoms with Gasteiger partial charge in [-0.05, 0) is 46.6 Å². The van der Waals surface area contributed by atoms with Crippen LogP contribution in [0.3, 0.4) is 0 Å². The third-order valence-corrected chi connectivity index (χ3v) is 3.04. The second-order valence-corrected chi connectivity index (χ2v) is 5.93. The monoisotopic (exact) mass is 263 g/mol. The van der Waals surface area contributed by atoms with Crippen molar-refractivity contribution in [1.29, 1.82) is 0 Å². The molecular weight excluding hydrogens is 242 g/mol. The van der Waals surface area contributed by atoms with Crippen molar-refractivity contribution in [3.05, 3.63) is 22.8 Å². The van der Waals surface area contributed by atoms with Gasteiger partial charge in [0.2, 0.25) is 0 Å². The van der Waals surface area contributed by atoms with Crippen LogP contribution in [-0.2, 0) is 17.7 Å². The minimum atomic E-state index is -0.463. The van der Waals surface area contributed by atoms with E-state index in [-0.39, 0.29) is 6.09 Å². The third kappa shape index (κ3) is 3.22. The molecule has 0 saturated heterocycles. The Bertz CT molecular complexity index is 506. The van der Waals surface area contributed by atoms with E-state index in [0.717, 1.165) is 23.6 Å². The SMILES string of the molecule is Cc1nc(C)c2c(n1)CN(C(=O)OC(C)(C)C)CC2. The number of hydrogen-bond donors (Lipinski definition) is 0. The summed E-state index contributed by atoms with van der Waals surface area (Å²) < 4.78 is 5.40. The molecule has 0 aromatic carbocycles. The van der Waals surface area contributed by atoms with E-state index >= 15 is 0 Å². The molecular formula is C14H21N3O2. The third-order valence-electron chi connectivity index (χ3n) is 3.04. The molecule has 0 spiro atoms. The van der Waals surface area contributed by atoms with E-state index in [1.165, 1.54) is 5.56 Å². The minimum Gasteiger partial charge on any atom is -0.444 e. The van der Waals surface area contributed by atoms with E-state index in [1.54, 1.807) is 4.90 Å². The van der Waals surface area contributed by atoms with Crippen molar-refractivity contribution >= 4 is 6.09 Å². The molecule has 1 aliphatic rings. The molecule has 2 heterocycles. The molecule has 104 valence electrons. The van der Waals surface area contributed by atoms with Crippen molar-refractivity contribution in [2.45, 2.75) is 53.2 Å². The fraction of sp³-hybridized carbons (Fsp3) is 0.643. The van der Waals surface area contributed by atoms with Gasteiger partial charge in [0.05, 0.1) is 12.2 Å². The fourth-order valence-corrected chi connectivity index (χ4v) is 2.25. The number of carbonyl (C=O) groups is 1. The molecule has 1 amide bonds. The van der Waals surface area contributed by atoms with Gasteiger partial charge in [-0.1, -0.05) is 0 Å². The van der Waals surface area contributed by atoms with Crippen molar-refractivity contribution in [3.8, 4) is 0 Å². The molecule has 0 atom stereocenters. The summed E-state index contributed by atoms with van der Waals surface area (Å²) in [5.74, 6) is 0.752. The molecule has 0 N–H and O–H groups in total. The minimum absolute atomic E-state index is 0.271. The average molecular weight is 263 g/mol. The predicted octanol–water partition coefficient (Wildman–Crippen LogP) is 2.39. The molecule has 0 radical (unpaired) electrons. The molecule has 1 aliphatic heterocycles. The predicted molar refractivity (Wildman–Crippen MR) is 71.9 cm³/mol. The van der Waals surface area contributed by atoms with E-state index in [0.29, 0.717) is 13.1 Å². The maximum atomic E-state index is 12.1. The fourth-order valence-electron chi connectivity index (χ4n) is 2.25. The highest BCUT2D eigenvalue weighted by atomic mass is 16.6. The smallest absolute Gasteiger partial charge is 0.410 e. The van der Waals surface area contributed by atoms with E-state index < -0.39 is 5.60 Å². The molecule has 0 unspecified atom stereocenters. The number of aryl methyl sites for hydroxylation is 2. The van der Waals surface area contributed by atoms with Gasteiger partial charge in [0.25, 0.3) is 0 Å². The lowest BCUT2D eigenvalue weighted by Crippen LogP contribution is -2.40. The van der Waals surface area contributed by atoms with Gasteiger partial charge in [0.1, 0.15) is 11.4 Å². The summed E-state index contributed by atoms with van der Waals surface area (Å²) >= 11 is 0. The van der Waals surface area contributed by atoms with Crippen LogP contribution in [-0.4, -0.2) is 33.1 Å². The summed E-state index contributed by atoms with van der Waals surface area (Å²) in [5.41, 5.74) is 2.67. The first-order valence-electron chi connectivity index (χ1n) is 6.57. The van der Waals surface area contributed by atoms with Crippen molar-refractivity contribution in [3.63, 3.8) is 0 Å². The Morgan fingerprint density at radius 2 is 1.95 bits per heavy atom. The normalized spacial score (nSPS) is 15.1. The molecule has 0 fully saturated rings. The van der Waals surface area contributed by atoms with Crippen LogP contribution >= 0.6 is 0 Å². The Labute approximate surface area is 114 Å². The van der Waals surface area contributed by atoms with Crippen LogP contribution in [0.5, 0.6) is 0 Å². The van der Waals surface area contributed by atoms with Gasteiger partial charge in [-0.25, -0.2) is 14.8 Å². The zero-order valence-corrected chi connectivity index (χ0v) is 12.3. The van der Waals surface area contributed by atoms with Crippen LogP contribution in [0.1, 0.15) is 43.5 Å². The van der Waals surface area contributed by atoms with Gasteiger partial charge in [-0.15, -0.1) is 0 Å². The number of amides is 1. The van der Waals surface area contributed by atoms with Crippen molar-refractivity contribution in [1.82, 2.24) is 14.9 Å². The number of carbonyl (C=O) groups excluding carboxylic acids is 1. The average Bonchev–Trinajstić information content (AvgIpc) is 2.25. The van der Waals surface area contributed by atoms with Crippen molar-refractivity contribution in [2.24, 2.45) is 0 Å². The van der Waals surface area contributed by atoms with Crippen LogP contribution in [0, 0.1) is 13.8 Å². The Hall–Kier alpha value is -1.65. The Morgan fingerprint density at radius 1 is 1.26 bits per heavy atom. The van der Waals surface area contributed by atoms with Gasteiger partial charge in [0, 0.05) is 12.2 Å². The summed E-state index contributed by atoms with van der Waals surface area (Å²) in [4.78, 5) is 22.6. The maximum absolute atomic E-state index is 12.1. The number of ether oxygens (including phenoxy) is 1. The largest absolute Gasteiger partial charge is 0.444 e. The van der Waals surface area contributed by atoms with Gasteiger partial charge >= 0.3 is 6.09 Å². The molecule has 0 saturated carbocycles. The van der Waals surface area contributed by atoms with Crippen LogP contribution in [0.15, 0.2) is 0 Å². The Kier molecular flexibility index (Phi) is 3.47. The first-order chi connectivity index (χ1) is 8.76. The molecule has 5 nitrogen and oxygen atoms in total. The van der Waals surface area contributed by atoms with Crippen LogP contribution < -0.4 is 0 Å². The van der Waals surface area contributed by atoms with Crippen molar-refractivity contribution in [2.75, 3.05) is 6.54 Å². The molecule has 1 aromatic heterocycles. The molecule has 19 heavy (non-hydrogen) atoms. The first-order valence-corrected chi connectivity index (χ1v) is 6.57. The highest BCUT2D eigenvalue weighted by Gasteiger charge is 2.27. The van der Waals surface area contributed by atoms with Crippen LogP contribution in [0.4, 0.5) is 4.79 Å². The Morgan fingerprint density at radius 3 is 2.58 bits per heavy atom. The van der Waals surface area contributed by atoms with Gasteiger partial charge < -0.3 is 9.64 Å². The lowest BCUT2D eigenvalue weighted by Gasteiger charge is -2.31. The second-order valence-electron chi connectivity index (χ2n) is 5.93. The number of hydrogen-bond acceptors (Lipinski definition) is 4. The number of fused-ring (bicyclic) bond motifs is 1. The highest BCUT2D eigenvalue weighted by Crippen LogP contribution is 2.21. The van der Waals surface area contributed by atoms with Crippen LogP contribution in [0.2, 0.25) is 0 Å². The standard InChI is InChI=1S/C14H21N3O2/c1-9-11-6-7-17(13(18)19-14(3,4)5)8-12(11)16-10(2)15-9/h6-8H2,1-5H3. The summed E-state index contributed by atoms with van der Waals surface area (Å²) in [6, 6.07) is 0. The molecule has 0 aliphatic carbocycles. The molecule has 5 heteroatoms.